The Balaban J connectivity index is 1.90. The van der Waals surface area contributed by atoms with Crippen molar-refractivity contribution in [3.63, 3.8) is 0 Å². The van der Waals surface area contributed by atoms with Crippen LogP contribution >= 0.6 is 0 Å². The number of hydrogen-bond acceptors (Lipinski definition) is 6. The van der Waals surface area contributed by atoms with Crippen molar-refractivity contribution in [1.29, 1.82) is 0 Å². The summed E-state index contributed by atoms with van der Waals surface area (Å²) < 4.78 is 5.85. The molecule has 0 radical (unpaired) electrons. The Morgan fingerprint density at radius 1 is 1.24 bits per heavy atom. The summed E-state index contributed by atoms with van der Waals surface area (Å²) in [6.45, 7) is 6.72. The predicted octanol–water partition coefficient (Wildman–Crippen LogP) is 2.33. The van der Waals surface area contributed by atoms with E-state index in [1.54, 1.807) is 0 Å². The number of likely N-dealkylation sites (N-methyl/N-ethyl adjacent to an activating group) is 1. The van der Waals surface area contributed by atoms with E-state index in [4.69, 9.17) is 4.42 Å². The molecule has 2 aromatic rings. The smallest absolute Gasteiger partial charge is 0.322 e. The first-order valence-electron chi connectivity index (χ1n) is 7.35. The number of nitrogens with one attached hydrogen (secondary N) is 1. The van der Waals surface area contributed by atoms with E-state index in [-0.39, 0.29) is 6.04 Å². The van der Waals surface area contributed by atoms with Crippen molar-refractivity contribution in [3.05, 3.63) is 30.2 Å². The molecule has 1 aliphatic heterocycles. The Labute approximate surface area is 124 Å². The molecule has 1 aromatic carbocycles. The zero-order valence-electron chi connectivity index (χ0n) is 12.7. The van der Waals surface area contributed by atoms with Gasteiger partial charge in [-0.1, -0.05) is 24.2 Å². The van der Waals surface area contributed by atoms with Crippen molar-refractivity contribution >= 4 is 17.4 Å². The van der Waals surface area contributed by atoms with Crippen molar-refractivity contribution in [2.75, 3.05) is 36.5 Å². The first-order chi connectivity index (χ1) is 10.2. The van der Waals surface area contributed by atoms with Crippen LogP contribution in [0.2, 0.25) is 0 Å². The van der Waals surface area contributed by atoms with E-state index in [9.17, 15) is 0 Å². The molecule has 112 valence electrons. The third-order valence-corrected chi connectivity index (χ3v) is 3.78. The lowest BCUT2D eigenvalue weighted by Crippen LogP contribution is -2.36. The average molecular weight is 287 g/mol. The summed E-state index contributed by atoms with van der Waals surface area (Å²) >= 11 is 0. The lowest BCUT2D eigenvalue weighted by molar-refractivity contribution is 0.423. The number of nitrogens with zero attached hydrogens (tertiary/aromatic N) is 4. The molecule has 0 saturated carbocycles. The number of anilines is 3. The van der Waals surface area contributed by atoms with Crippen molar-refractivity contribution in [1.82, 2.24) is 15.5 Å². The molecule has 0 bridgehead atoms. The summed E-state index contributed by atoms with van der Waals surface area (Å²) in [6, 6.07) is 8.91. The van der Waals surface area contributed by atoms with Crippen LogP contribution in [0.15, 0.2) is 28.7 Å². The minimum Gasteiger partial charge on any atom is -0.406 e. The maximum Gasteiger partial charge on any atom is 0.322 e. The van der Waals surface area contributed by atoms with Gasteiger partial charge in [-0.05, 0) is 25.6 Å². The summed E-state index contributed by atoms with van der Waals surface area (Å²) in [5.41, 5.74) is 2.29. The average Bonchev–Trinajstić information content (AvgIpc) is 2.98. The molecule has 6 nitrogen and oxygen atoms in total. The van der Waals surface area contributed by atoms with E-state index in [1.807, 2.05) is 19.1 Å². The molecule has 0 aliphatic carbocycles. The first-order valence-corrected chi connectivity index (χ1v) is 7.35. The highest BCUT2D eigenvalue weighted by Crippen LogP contribution is 2.36. The fourth-order valence-corrected chi connectivity index (χ4v) is 2.61. The molecule has 1 aromatic heterocycles. The molecule has 1 aliphatic rings. The molecule has 2 heterocycles. The maximum absolute atomic E-state index is 5.85. The standard InChI is InChI=1S/C15H21N5O/c1-4-16-11(2)14-17-18-15(21-14)20-10-9-19(3)12-7-5-6-8-13(12)20/h5-8,11,16H,4,9-10H2,1-3H3. The molecule has 1 N–H and O–H groups in total. The Morgan fingerprint density at radius 3 is 2.76 bits per heavy atom. The quantitative estimate of drug-likeness (QED) is 0.931. The van der Waals surface area contributed by atoms with Crippen LogP contribution in [0, 0.1) is 0 Å². The molecule has 0 spiro atoms. The third-order valence-electron chi connectivity index (χ3n) is 3.78. The van der Waals surface area contributed by atoms with Gasteiger partial charge in [0.05, 0.1) is 17.4 Å². The second kappa shape index (κ2) is 5.73. The summed E-state index contributed by atoms with van der Waals surface area (Å²) in [5, 5.41) is 11.7. The van der Waals surface area contributed by atoms with Gasteiger partial charge in [-0.3, -0.25) is 4.90 Å². The minimum atomic E-state index is 0.0685. The molecule has 1 atom stereocenters. The van der Waals surface area contributed by atoms with E-state index in [2.05, 4.69) is 51.4 Å². The van der Waals surface area contributed by atoms with Crippen molar-refractivity contribution in [2.24, 2.45) is 0 Å². The van der Waals surface area contributed by atoms with E-state index in [1.165, 1.54) is 5.69 Å². The number of benzene rings is 1. The van der Waals surface area contributed by atoms with Gasteiger partial charge >= 0.3 is 6.01 Å². The zero-order valence-corrected chi connectivity index (χ0v) is 12.7. The molecule has 0 saturated heterocycles. The van der Waals surface area contributed by atoms with Gasteiger partial charge in [0.1, 0.15) is 0 Å². The first kappa shape index (κ1) is 13.9. The number of para-hydroxylation sites is 2. The number of rotatable bonds is 4. The van der Waals surface area contributed by atoms with Crippen LogP contribution in [0.25, 0.3) is 0 Å². The summed E-state index contributed by atoms with van der Waals surface area (Å²) in [4.78, 5) is 4.33. The predicted molar refractivity (Wildman–Crippen MR) is 83.1 cm³/mol. The van der Waals surface area contributed by atoms with E-state index in [0.717, 1.165) is 25.3 Å². The highest BCUT2D eigenvalue weighted by atomic mass is 16.4. The fraction of sp³-hybridized carbons (Fsp3) is 0.467. The number of hydrogen-bond donors (Lipinski definition) is 1. The van der Waals surface area contributed by atoms with Crippen LogP contribution in [0.3, 0.4) is 0 Å². The number of fused-ring (bicyclic) bond motifs is 1. The largest absolute Gasteiger partial charge is 0.406 e. The van der Waals surface area contributed by atoms with Gasteiger partial charge < -0.3 is 14.6 Å². The second-order valence-corrected chi connectivity index (χ2v) is 5.26. The summed E-state index contributed by atoms with van der Waals surface area (Å²) in [6.07, 6.45) is 0. The highest BCUT2D eigenvalue weighted by molar-refractivity contribution is 5.76. The second-order valence-electron chi connectivity index (χ2n) is 5.26. The van der Waals surface area contributed by atoms with Crippen molar-refractivity contribution < 1.29 is 4.42 Å². The van der Waals surface area contributed by atoms with Crippen molar-refractivity contribution in [3.8, 4) is 0 Å². The third kappa shape index (κ3) is 2.58. The molecule has 3 rings (SSSR count). The lowest BCUT2D eigenvalue weighted by atomic mass is 10.2. The van der Waals surface area contributed by atoms with Crippen molar-refractivity contribution in [2.45, 2.75) is 19.9 Å². The van der Waals surface area contributed by atoms with Crippen LogP contribution in [0.4, 0.5) is 17.4 Å². The normalized spacial score (nSPS) is 16.0. The van der Waals surface area contributed by atoms with Gasteiger partial charge in [-0.25, -0.2) is 0 Å². The Morgan fingerprint density at radius 2 is 2.00 bits per heavy atom. The van der Waals surface area contributed by atoms with Crippen LogP contribution in [0.1, 0.15) is 25.8 Å². The summed E-state index contributed by atoms with van der Waals surface area (Å²) in [5.74, 6) is 0.628. The molecule has 0 amide bonds. The monoisotopic (exact) mass is 287 g/mol. The molecular weight excluding hydrogens is 266 g/mol. The van der Waals surface area contributed by atoms with Gasteiger partial charge in [0.15, 0.2) is 0 Å². The maximum atomic E-state index is 5.85. The Kier molecular flexibility index (Phi) is 3.79. The van der Waals surface area contributed by atoms with Gasteiger partial charge in [-0.15, -0.1) is 5.10 Å². The van der Waals surface area contributed by atoms with E-state index in [0.29, 0.717) is 11.9 Å². The molecule has 6 heteroatoms. The highest BCUT2D eigenvalue weighted by Gasteiger charge is 2.25. The Bertz CT molecular complexity index is 612. The SMILES string of the molecule is CCNC(C)c1nnc(N2CCN(C)c3ccccc32)o1. The van der Waals surface area contributed by atoms with Gasteiger partial charge in [-0.2, -0.15) is 0 Å². The van der Waals surface area contributed by atoms with Crippen LogP contribution in [-0.4, -0.2) is 36.9 Å². The minimum absolute atomic E-state index is 0.0685. The zero-order chi connectivity index (χ0) is 14.8. The molecular formula is C15H21N5O. The Hall–Kier alpha value is -2.08. The summed E-state index contributed by atoms with van der Waals surface area (Å²) in [7, 11) is 2.10. The van der Waals surface area contributed by atoms with E-state index < -0.39 is 0 Å². The number of aromatic nitrogens is 2. The van der Waals surface area contributed by atoms with Gasteiger partial charge in [0.2, 0.25) is 5.89 Å². The van der Waals surface area contributed by atoms with Crippen LogP contribution in [-0.2, 0) is 0 Å². The van der Waals surface area contributed by atoms with Crippen LogP contribution < -0.4 is 15.1 Å². The molecule has 1 unspecified atom stereocenters. The van der Waals surface area contributed by atoms with E-state index >= 15 is 0 Å². The van der Waals surface area contributed by atoms with Crippen LogP contribution in [0.5, 0.6) is 0 Å². The lowest BCUT2D eigenvalue weighted by Gasteiger charge is -2.34. The fourth-order valence-electron chi connectivity index (χ4n) is 2.61. The topological polar surface area (TPSA) is 57.4 Å². The van der Waals surface area contributed by atoms with Gasteiger partial charge in [0.25, 0.3) is 0 Å². The van der Waals surface area contributed by atoms with Gasteiger partial charge in [0, 0.05) is 20.1 Å². The molecule has 0 fully saturated rings. The molecule has 21 heavy (non-hydrogen) atoms.